The molecular formula is C17H17F3N3O4+. The summed E-state index contributed by atoms with van der Waals surface area (Å²) in [5.41, 5.74) is -1.24. The molecule has 0 saturated carbocycles. The predicted molar refractivity (Wildman–Crippen MR) is 84.6 cm³/mol. The van der Waals surface area contributed by atoms with Gasteiger partial charge in [-0.3, -0.25) is 14.1 Å². The van der Waals surface area contributed by atoms with Crippen molar-refractivity contribution in [1.29, 1.82) is 0 Å². The topological polar surface area (TPSA) is 87.3 Å². The van der Waals surface area contributed by atoms with Crippen molar-refractivity contribution in [3.63, 3.8) is 0 Å². The lowest BCUT2D eigenvalue weighted by atomic mass is 9.89. The van der Waals surface area contributed by atoms with Gasteiger partial charge in [-0.2, -0.15) is 13.2 Å². The fourth-order valence-corrected chi connectivity index (χ4v) is 3.08. The number of benzene rings is 1. The first-order valence-electron chi connectivity index (χ1n) is 8.31. The maximum absolute atomic E-state index is 12.6. The van der Waals surface area contributed by atoms with Crippen molar-refractivity contribution >= 4 is 11.7 Å². The number of Topliss-reactive ketones (excluding diaryl/α,β-unsaturated/α-hetero) is 1. The molecule has 0 radical (unpaired) electrons. The Balaban J connectivity index is 1.65. The van der Waals surface area contributed by atoms with Gasteiger partial charge in [-0.15, -0.1) is 0 Å². The van der Waals surface area contributed by atoms with Crippen LogP contribution in [0.15, 0.2) is 39.8 Å². The molecule has 1 aliphatic heterocycles. The van der Waals surface area contributed by atoms with E-state index in [9.17, 15) is 27.6 Å². The van der Waals surface area contributed by atoms with Gasteiger partial charge in [0.2, 0.25) is 0 Å². The van der Waals surface area contributed by atoms with Crippen LogP contribution in [0.2, 0.25) is 0 Å². The van der Waals surface area contributed by atoms with Crippen LogP contribution in [-0.4, -0.2) is 35.0 Å². The van der Waals surface area contributed by atoms with Gasteiger partial charge in [-0.05, 0) is 30.2 Å². The zero-order valence-electron chi connectivity index (χ0n) is 14.2. The van der Waals surface area contributed by atoms with Gasteiger partial charge >= 0.3 is 11.8 Å². The van der Waals surface area contributed by atoms with Crippen molar-refractivity contribution in [2.24, 2.45) is 5.92 Å². The Morgan fingerprint density at radius 2 is 1.96 bits per heavy atom. The van der Waals surface area contributed by atoms with Crippen molar-refractivity contribution in [2.45, 2.75) is 25.6 Å². The van der Waals surface area contributed by atoms with Crippen molar-refractivity contribution in [3.05, 3.63) is 52.0 Å². The number of ketones is 1. The molecule has 0 spiro atoms. The first kappa shape index (κ1) is 18.9. The maximum Gasteiger partial charge on any atom is 0.426 e. The number of aromatic amines is 1. The second-order valence-electron chi connectivity index (χ2n) is 6.39. The number of aromatic nitrogens is 2. The Bertz CT molecular complexity index is 886. The van der Waals surface area contributed by atoms with Crippen LogP contribution in [-0.2, 0) is 17.5 Å². The molecule has 1 N–H and O–H groups in total. The van der Waals surface area contributed by atoms with Gasteiger partial charge in [0.25, 0.3) is 18.6 Å². The second kappa shape index (κ2) is 7.37. The highest BCUT2D eigenvalue weighted by molar-refractivity contribution is 5.98. The number of piperidine rings is 1. The molecule has 2 aromatic rings. The molecule has 27 heavy (non-hydrogen) atoms. The van der Waals surface area contributed by atoms with Gasteiger partial charge in [0.1, 0.15) is 0 Å². The number of nitrogens with zero attached hydrogens (tertiary/aromatic N) is 2. The predicted octanol–water partition coefficient (Wildman–Crippen LogP) is 1.40. The van der Waals surface area contributed by atoms with E-state index in [0.29, 0.717) is 19.4 Å². The first-order chi connectivity index (χ1) is 12.7. The monoisotopic (exact) mass is 384 g/mol. The molecule has 1 saturated heterocycles. The van der Waals surface area contributed by atoms with Crippen LogP contribution >= 0.6 is 0 Å². The number of carbonyl (C=O) groups is 2. The highest BCUT2D eigenvalue weighted by atomic mass is 19.4. The van der Waals surface area contributed by atoms with Gasteiger partial charge in [-0.1, -0.05) is 16.8 Å². The van der Waals surface area contributed by atoms with E-state index in [4.69, 9.17) is 0 Å². The molecule has 1 aromatic heterocycles. The Morgan fingerprint density at radius 1 is 1.26 bits per heavy atom. The minimum absolute atomic E-state index is 0.132. The van der Waals surface area contributed by atoms with Crippen LogP contribution in [0.5, 0.6) is 0 Å². The smallest absolute Gasteiger partial charge is 0.336 e. The van der Waals surface area contributed by atoms with Crippen LogP contribution in [0.3, 0.4) is 0 Å². The molecule has 3 rings (SSSR count). The molecule has 144 valence electrons. The molecule has 1 aromatic carbocycles. The summed E-state index contributed by atoms with van der Waals surface area (Å²) in [7, 11) is 0. The zero-order valence-corrected chi connectivity index (χ0v) is 14.2. The Hall–Kier alpha value is -2.91. The van der Waals surface area contributed by atoms with Crippen LogP contribution in [0.25, 0.3) is 0 Å². The Labute approximate surface area is 151 Å². The van der Waals surface area contributed by atoms with Crippen molar-refractivity contribution in [1.82, 2.24) is 10.2 Å². The maximum atomic E-state index is 12.6. The lowest BCUT2D eigenvalue weighted by molar-refractivity contribution is -0.751. The summed E-state index contributed by atoms with van der Waals surface area (Å²) in [4.78, 5) is 37.4. The van der Waals surface area contributed by atoms with E-state index in [-0.39, 0.29) is 30.3 Å². The SMILES string of the molecule is O=C(c1ccc(C(F)(F)F)cc1)[C@H]1CCCN(C(=O)C[n+]2cc(=O)o[nH]2)C1. The number of hydrogen-bond donors (Lipinski definition) is 1. The number of likely N-dealkylation sites (tertiary alicyclic amines) is 1. The van der Waals surface area contributed by atoms with Gasteiger partial charge in [-0.25, -0.2) is 4.79 Å². The number of H-pyrrole nitrogens is 1. The number of nitrogens with one attached hydrogen (secondary N) is 1. The third kappa shape index (κ3) is 4.44. The van der Waals surface area contributed by atoms with E-state index < -0.39 is 23.3 Å². The molecule has 0 aliphatic carbocycles. The normalized spacial score (nSPS) is 17.7. The molecule has 0 unspecified atom stereocenters. The van der Waals surface area contributed by atoms with E-state index in [2.05, 4.69) is 9.79 Å². The largest absolute Gasteiger partial charge is 0.426 e. The summed E-state index contributed by atoms with van der Waals surface area (Å²) in [5.74, 6) is -1.06. The molecule has 1 amide bonds. The number of halogens is 3. The third-order valence-corrected chi connectivity index (χ3v) is 4.47. The molecule has 0 bridgehead atoms. The summed E-state index contributed by atoms with van der Waals surface area (Å²) in [5, 5.41) is 2.28. The highest BCUT2D eigenvalue weighted by Crippen LogP contribution is 2.30. The van der Waals surface area contributed by atoms with Crippen LogP contribution in [0, 0.1) is 5.92 Å². The lowest BCUT2D eigenvalue weighted by Crippen LogP contribution is -2.49. The summed E-state index contributed by atoms with van der Waals surface area (Å²) in [6, 6.07) is 4.09. The molecule has 7 nitrogen and oxygen atoms in total. The number of hydrogen-bond acceptors (Lipinski definition) is 4. The summed E-state index contributed by atoms with van der Waals surface area (Å²) < 4.78 is 43.6. The fourth-order valence-electron chi connectivity index (χ4n) is 3.08. The van der Waals surface area contributed by atoms with Crippen molar-refractivity contribution < 1.29 is 32.0 Å². The van der Waals surface area contributed by atoms with Crippen LogP contribution < -0.4 is 10.3 Å². The van der Waals surface area contributed by atoms with Gasteiger partial charge < -0.3 is 4.90 Å². The molecule has 1 fully saturated rings. The summed E-state index contributed by atoms with van der Waals surface area (Å²) >= 11 is 0. The van der Waals surface area contributed by atoms with Gasteiger partial charge in [0, 0.05) is 24.6 Å². The molecular weight excluding hydrogens is 367 g/mol. The standard InChI is InChI=1S/C17H16F3N3O4/c18-17(19,20)13-5-3-11(4-6-13)16(26)12-2-1-7-22(8-12)14(24)9-23-10-15(25)27-21-23/h3-6,10,12H,1-2,7-9H2/p+1/t12-/m0/s1. The minimum atomic E-state index is -4.46. The van der Waals surface area contributed by atoms with Crippen molar-refractivity contribution in [3.8, 4) is 0 Å². The first-order valence-corrected chi connectivity index (χ1v) is 8.31. The molecule has 1 atom stereocenters. The average Bonchev–Trinajstić information content (AvgIpc) is 3.05. The quantitative estimate of drug-likeness (QED) is 0.638. The molecule has 10 heteroatoms. The Morgan fingerprint density at radius 3 is 2.56 bits per heavy atom. The highest BCUT2D eigenvalue weighted by Gasteiger charge is 2.32. The van der Waals surface area contributed by atoms with Gasteiger partial charge in [0.15, 0.2) is 5.78 Å². The zero-order chi connectivity index (χ0) is 19.6. The summed E-state index contributed by atoms with van der Waals surface area (Å²) in [6.45, 7) is 0.520. The van der Waals surface area contributed by atoms with E-state index in [1.54, 1.807) is 0 Å². The summed E-state index contributed by atoms with van der Waals surface area (Å²) in [6.07, 6.45) is -2.19. The van der Waals surface area contributed by atoms with E-state index in [0.717, 1.165) is 30.5 Å². The van der Waals surface area contributed by atoms with E-state index in [1.165, 1.54) is 9.58 Å². The lowest BCUT2D eigenvalue weighted by Gasteiger charge is -2.31. The van der Waals surface area contributed by atoms with E-state index in [1.807, 2.05) is 0 Å². The van der Waals surface area contributed by atoms with Crippen LogP contribution in [0.4, 0.5) is 13.2 Å². The minimum Gasteiger partial charge on any atom is -0.336 e. The number of amides is 1. The van der Waals surface area contributed by atoms with Gasteiger partial charge in [0.05, 0.1) is 5.56 Å². The number of rotatable bonds is 4. The molecule has 2 heterocycles. The second-order valence-corrected chi connectivity index (χ2v) is 6.39. The van der Waals surface area contributed by atoms with Crippen molar-refractivity contribution in [2.75, 3.05) is 13.1 Å². The van der Waals surface area contributed by atoms with E-state index >= 15 is 0 Å². The number of alkyl halides is 3. The third-order valence-electron chi connectivity index (χ3n) is 4.47. The number of carbonyl (C=O) groups excluding carboxylic acids is 2. The fraction of sp³-hybridized carbons (Fsp3) is 0.412. The van der Waals surface area contributed by atoms with Crippen LogP contribution in [0.1, 0.15) is 28.8 Å². The Kier molecular flexibility index (Phi) is 5.15. The molecule has 1 aliphatic rings. The average molecular weight is 384 g/mol.